The smallest absolute Gasteiger partial charge is 0.227 e. The first-order chi connectivity index (χ1) is 11.7. The predicted molar refractivity (Wildman–Crippen MR) is 100 cm³/mol. The molecule has 25 heavy (non-hydrogen) atoms. The number of anilines is 1. The Hall–Kier alpha value is -1.75. The summed E-state index contributed by atoms with van der Waals surface area (Å²) in [5, 5.41) is 3.41. The predicted octanol–water partition coefficient (Wildman–Crippen LogP) is 3.96. The molecule has 1 aromatic carbocycles. The van der Waals surface area contributed by atoms with Crippen LogP contribution in [0.1, 0.15) is 40.5 Å². The molecule has 1 aromatic rings. The SMILES string of the molecule is CCOc1c(Cl)cccc1NC(=O)C1CCN(C(=O)C(C)(C)C)CC1. The van der Waals surface area contributed by atoms with E-state index in [9.17, 15) is 9.59 Å². The number of benzene rings is 1. The van der Waals surface area contributed by atoms with E-state index in [1.807, 2.05) is 32.6 Å². The summed E-state index contributed by atoms with van der Waals surface area (Å²) < 4.78 is 5.54. The summed E-state index contributed by atoms with van der Waals surface area (Å²) in [5.41, 5.74) is 0.204. The zero-order chi connectivity index (χ0) is 18.6. The fraction of sp³-hybridized carbons (Fsp3) is 0.579. The number of carbonyl (C=O) groups is 2. The molecule has 1 N–H and O–H groups in total. The Morgan fingerprint density at radius 3 is 2.48 bits per heavy atom. The van der Waals surface area contributed by atoms with Crippen molar-refractivity contribution in [3.63, 3.8) is 0 Å². The van der Waals surface area contributed by atoms with Crippen molar-refractivity contribution in [2.24, 2.45) is 11.3 Å². The van der Waals surface area contributed by atoms with Gasteiger partial charge >= 0.3 is 0 Å². The number of halogens is 1. The standard InChI is InChI=1S/C19H27ClN2O3/c1-5-25-16-14(20)7-6-8-15(16)21-17(23)13-9-11-22(12-10-13)18(24)19(2,3)4/h6-8,13H,5,9-12H2,1-4H3,(H,21,23). The molecular formula is C19H27ClN2O3. The molecule has 0 aromatic heterocycles. The second kappa shape index (κ2) is 8.09. The van der Waals surface area contributed by atoms with Crippen LogP contribution >= 0.6 is 11.6 Å². The Morgan fingerprint density at radius 2 is 1.92 bits per heavy atom. The maximum Gasteiger partial charge on any atom is 0.227 e. The quantitative estimate of drug-likeness (QED) is 0.877. The van der Waals surface area contributed by atoms with Gasteiger partial charge in [0.1, 0.15) is 0 Å². The first-order valence-electron chi connectivity index (χ1n) is 8.75. The molecule has 2 rings (SSSR count). The molecule has 0 spiro atoms. The van der Waals surface area contributed by atoms with Crippen LogP contribution in [0.15, 0.2) is 18.2 Å². The molecule has 1 fully saturated rings. The van der Waals surface area contributed by atoms with E-state index in [2.05, 4.69) is 5.32 Å². The molecule has 1 heterocycles. The average Bonchev–Trinajstić information content (AvgIpc) is 2.56. The van der Waals surface area contributed by atoms with Gasteiger partial charge in [0.2, 0.25) is 11.8 Å². The minimum absolute atomic E-state index is 0.0499. The molecule has 0 unspecified atom stereocenters. The number of likely N-dealkylation sites (tertiary alicyclic amines) is 1. The van der Waals surface area contributed by atoms with Gasteiger partial charge in [0.05, 0.1) is 17.3 Å². The lowest BCUT2D eigenvalue weighted by molar-refractivity contribution is -0.142. The topological polar surface area (TPSA) is 58.6 Å². The third-order valence-corrected chi connectivity index (χ3v) is 4.61. The number of hydrogen-bond donors (Lipinski definition) is 1. The second-order valence-corrected chi connectivity index (χ2v) is 7.76. The first kappa shape index (κ1) is 19.6. The number of rotatable bonds is 4. The van der Waals surface area contributed by atoms with Crippen molar-refractivity contribution in [2.45, 2.75) is 40.5 Å². The van der Waals surface area contributed by atoms with E-state index in [1.54, 1.807) is 18.2 Å². The molecule has 0 radical (unpaired) electrons. The second-order valence-electron chi connectivity index (χ2n) is 7.36. The lowest BCUT2D eigenvalue weighted by atomic mass is 9.90. The van der Waals surface area contributed by atoms with Crippen molar-refractivity contribution in [1.82, 2.24) is 4.90 Å². The molecule has 0 aliphatic carbocycles. The van der Waals surface area contributed by atoms with Crippen LogP contribution in [0.4, 0.5) is 5.69 Å². The van der Waals surface area contributed by atoms with E-state index in [4.69, 9.17) is 16.3 Å². The number of nitrogens with zero attached hydrogens (tertiary/aromatic N) is 1. The maximum absolute atomic E-state index is 12.6. The summed E-state index contributed by atoms with van der Waals surface area (Å²) in [5.74, 6) is 0.476. The van der Waals surface area contributed by atoms with Crippen LogP contribution in [-0.4, -0.2) is 36.4 Å². The Bertz CT molecular complexity index is 632. The van der Waals surface area contributed by atoms with Gasteiger partial charge in [-0.3, -0.25) is 9.59 Å². The molecule has 1 saturated heterocycles. The van der Waals surface area contributed by atoms with Crippen LogP contribution < -0.4 is 10.1 Å². The van der Waals surface area contributed by atoms with Gasteiger partial charge in [-0.2, -0.15) is 0 Å². The van der Waals surface area contributed by atoms with Crippen molar-refractivity contribution >= 4 is 29.1 Å². The van der Waals surface area contributed by atoms with Gasteiger partial charge in [-0.15, -0.1) is 0 Å². The highest BCUT2D eigenvalue weighted by atomic mass is 35.5. The number of hydrogen-bond acceptors (Lipinski definition) is 3. The van der Waals surface area contributed by atoms with Crippen LogP contribution in [0, 0.1) is 11.3 Å². The van der Waals surface area contributed by atoms with Gasteiger partial charge < -0.3 is 15.0 Å². The Morgan fingerprint density at radius 1 is 1.28 bits per heavy atom. The average molecular weight is 367 g/mol. The molecular weight excluding hydrogens is 340 g/mol. The number of ether oxygens (including phenoxy) is 1. The minimum atomic E-state index is -0.387. The molecule has 0 bridgehead atoms. The van der Waals surface area contributed by atoms with Crippen LogP contribution in [0.3, 0.4) is 0 Å². The van der Waals surface area contributed by atoms with E-state index >= 15 is 0 Å². The van der Waals surface area contributed by atoms with E-state index in [-0.39, 0.29) is 23.1 Å². The summed E-state index contributed by atoms with van der Waals surface area (Å²) in [6, 6.07) is 5.30. The van der Waals surface area contributed by atoms with Crippen molar-refractivity contribution in [3.05, 3.63) is 23.2 Å². The van der Waals surface area contributed by atoms with Gasteiger partial charge in [-0.25, -0.2) is 0 Å². The molecule has 1 aliphatic heterocycles. The van der Waals surface area contributed by atoms with Crippen LogP contribution in [0.2, 0.25) is 5.02 Å². The van der Waals surface area contributed by atoms with Gasteiger partial charge in [0.15, 0.2) is 5.75 Å². The van der Waals surface area contributed by atoms with Crippen LogP contribution in [0.5, 0.6) is 5.75 Å². The summed E-state index contributed by atoms with van der Waals surface area (Å²) in [7, 11) is 0. The number of para-hydroxylation sites is 1. The highest BCUT2D eigenvalue weighted by molar-refractivity contribution is 6.32. The van der Waals surface area contributed by atoms with Gasteiger partial charge in [-0.1, -0.05) is 38.4 Å². The van der Waals surface area contributed by atoms with E-state index < -0.39 is 0 Å². The summed E-state index contributed by atoms with van der Waals surface area (Å²) in [6.07, 6.45) is 1.33. The number of piperidine rings is 1. The first-order valence-corrected chi connectivity index (χ1v) is 9.13. The van der Waals surface area contributed by atoms with Crippen molar-refractivity contribution < 1.29 is 14.3 Å². The molecule has 138 valence electrons. The number of carbonyl (C=O) groups excluding carboxylic acids is 2. The highest BCUT2D eigenvalue weighted by Crippen LogP contribution is 2.34. The Labute approximate surface area is 154 Å². The summed E-state index contributed by atoms with van der Waals surface area (Å²) in [4.78, 5) is 26.8. The van der Waals surface area contributed by atoms with E-state index in [0.29, 0.717) is 49.0 Å². The lowest BCUT2D eigenvalue weighted by Crippen LogP contribution is -2.45. The zero-order valence-electron chi connectivity index (χ0n) is 15.4. The molecule has 0 atom stereocenters. The van der Waals surface area contributed by atoms with Gasteiger partial charge in [0.25, 0.3) is 0 Å². The summed E-state index contributed by atoms with van der Waals surface area (Å²) in [6.45, 7) is 9.33. The normalized spacial score (nSPS) is 15.8. The monoisotopic (exact) mass is 366 g/mol. The lowest BCUT2D eigenvalue weighted by Gasteiger charge is -2.35. The van der Waals surface area contributed by atoms with Crippen molar-refractivity contribution in [1.29, 1.82) is 0 Å². The molecule has 2 amide bonds. The van der Waals surface area contributed by atoms with Gasteiger partial charge in [0, 0.05) is 24.4 Å². The molecule has 0 saturated carbocycles. The number of nitrogens with one attached hydrogen (secondary N) is 1. The van der Waals surface area contributed by atoms with Crippen molar-refractivity contribution in [3.8, 4) is 5.75 Å². The fourth-order valence-electron chi connectivity index (χ4n) is 2.95. The maximum atomic E-state index is 12.6. The number of amides is 2. The molecule has 5 nitrogen and oxygen atoms in total. The van der Waals surface area contributed by atoms with Crippen LogP contribution in [0.25, 0.3) is 0 Å². The van der Waals surface area contributed by atoms with E-state index in [0.717, 1.165) is 0 Å². The highest BCUT2D eigenvalue weighted by Gasteiger charge is 2.32. The third-order valence-electron chi connectivity index (χ3n) is 4.31. The molecule has 1 aliphatic rings. The fourth-order valence-corrected chi connectivity index (χ4v) is 3.18. The van der Waals surface area contributed by atoms with Gasteiger partial charge in [-0.05, 0) is 31.9 Å². The minimum Gasteiger partial charge on any atom is -0.490 e. The zero-order valence-corrected chi connectivity index (χ0v) is 16.2. The largest absolute Gasteiger partial charge is 0.490 e. The van der Waals surface area contributed by atoms with Crippen LogP contribution in [-0.2, 0) is 9.59 Å². The Balaban J connectivity index is 1.98. The summed E-state index contributed by atoms with van der Waals surface area (Å²) >= 11 is 6.15. The van der Waals surface area contributed by atoms with Crippen molar-refractivity contribution in [2.75, 3.05) is 25.0 Å². The third kappa shape index (κ3) is 4.88. The molecule has 6 heteroatoms. The Kier molecular flexibility index (Phi) is 6.33. The van der Waals surface area contributed by atoms with E-state index in [1.165, 1.54) is 0 Å².